The molecule has 1 aliphatic carbocycles. The predicted molar refractivity (Wildman–Crippen MR) is 90.2 cm³/mol. The van der Waals surface area contributed by atoms with Crippen LogP contribution in [-0.4, -0.2) is 12.3 Å². The Labute approximate surface area is 132 Å². The standard InChI is InChI=1S/C19H22N2O/c1-2-6-16(7-3-1)14-20-21-15-17-10-12-19(13-11-17)22-18-8-4-5-9-18/h1-3,6-7,10-13,15,18,20H,4-5,8-9,14H2. The first-order chi connectivity index (χ1) is 10.9. The van der Waals surface area contributed by atoms with Crippen LogP contribution in [0.1, 0.15) is 36.8 Å². The fraction of sp³-hybridized carbons (Fsp3) is 0.316. The van der Waals surface area contributed by atoms with Crippen molar-refractivity contribution in [3.8, 4) is 5.75 Å². The molecular formula is C19H22N2O. The Morgan fingerprint density at radius 1 is 1.00 bits per heavy atom. The molecule has 2 aromatic carbocycles. The highest BCUT2D eigenvalue weighted by Crippen LogP contribution is 2.23. The third-order valence-electron chi connectivity index (χ3n) is 3.92. The van der Waals surface area contributed by atoms with E-state index in [9.17, 15) is 0 Å². The molecular weight excluding hydrogens is 272 g/mol. The molecule has 0 radical (unpaired) electrons. The van der Waals surface area contributed by atoms with Gasteiger partial charge in [-0.05, 0) is 61.1 Å². The maximum absolute atomic E-state index is 5.95. The first kappa shape index (κ1) is 14.6. The molecule has 0 atom stereocenters. The summed E-state index contributed by atoms with van der Waals surface area (Å²) in [5.41, 5.74) is 5.35. The third-order valence-corrected chi connectivity index (χ3v) is 3.92. The molecule has 0 saturated heterocycles. The van der Waals surface area contributed by atoms with Crippen LogP contribution >= 0.6 is 0 Å². The molecule has 3 rings (SSSR count). The summed E-state index contributed by atoms with van der Waals surface area (Å²) in [6.45, 7) is 0.736. The van der Waals surface area contributed by atoms with Gasteiger partial charge in [0.15, 0.2) is 0 Å². The molecule has 0 amide bonds. The second kappa shape index (κ2) is 7.64. The van der Waals surface area contributed by atoms with Gasteiger partial charge in [-0.2, -0.15) is 5.10 Å². The normalized spacial score (nSPS) is 15.3. The van der Waals surface area contributed by atoms with Crippen LogP contribution in [0.15, 0.2) is 59.7 Å². The summed E-state index contributed by atoms with van der Waals surface area (Å²) in [6, 6.07) is 18.4. The van der Waals surface area contributed by atoms with Gasteiger partial charge in [-0.25, -0.2) is 0 Å². The summed E-state index contributed by atoms with van der Waals surface area (Å²) in [5.74, 6) is 0.960. The molecule has 1 fully saturated rings. The van der Waals surface area contributed by atoms with E-state index >= 15 is 0 Å². The molecule has 1 N–H and O–H groups in total. The largest absolute Gasteiger partial charge is 0.490 e. The van der Waals surface area contributed by atoms with Crippen molar-refractivity contribution in [3.05, 3.63) is 65.7 Å². The van der Waals surface area contributed by atoms with Gasteiger partial charge in [-0.1, -0.05) is 30.3 Å². The minimum Gasteiger partial charge on any atom is -0.490 e. The maximum Gasteiger partial charge on any atom is 0.119 e. The zero-order valence-electron chi connectivity index (χ0n) is 12.7. The van der Waals surface area contributed by atoms with Crippen LogP contribution in [0.4, 0.5) is 0 Å². The average Bonchev–Trinajstić information content (AvgIpc) is 3.07. The van der Waals surface area contributed by atoms with E-state index in [1.165, 1.54) is 31.2 Å². The number of ether oxygens (including phenoxy) is 1. The van der Waals surface area contributed by atoms with Gasteiger partial charge in [0.1, 0.15) is 5.75 Å². The van der Waals surface area contributed by atoms with E-state index in [4.69, 9.17) is 4.74 Å². The Kier molecular flexibility index (Phi) is 5.09. The third kappa shape index (κ3) is 4.35. The van der Waals surface area contributed by atoms with Crippen molar-refractivity contribution in [2.45, 2.75) is 38.3 Å². The van der Waals surface area contributed by atoms with E-state index in [0.29, 0.717) is 6.10 Å². The zero-order chi connectivity index (χ0) is 15.0. The number of nitrogens with zero attached hydrogens (tertiary/aromatic N) is 1. The zero-order valence-corrected chi connectivity index (χ0v) is 12.7. The van der Waals surface area contributed by atoms with E-state index < -0.39 is 0 Å². The first-order valence-corrected chi connectivity index (χ1v) is 7.97. The predicted octanol–water partition coefficient (Wildman–Crippen LogP) is 4.13. The molecule has 114 valence electrons. The Hall–Kier alpha value is -2.29. The van der Waals surface area contributed by atoms with Crippen molar-refractivity contribution >= 4 is 6.21 Å². The van der Waals surface area contributed by atoms with Gasteiger partial charge in [-0.3, -0.25) is 0 Å². The number of benzene rings is 2. The minimum absolute atomic E-state index is 0.409. The highest BCUT2D eigenvalue weighted by atomic mass is 16.5. The molecule has 0 aromatic heterocycles. The fourth-order valence-electron chi connectivity index (χ4n) is 2.68. The van der Waals surface area contributed by atoms with Gasteiger partial charge in [0.2, 0.25) is 0 Å². The van der Waals surface area contributed by atoms with Crippen molar-refractivity contribution in [2.75, 3.05) is 0 Å². The SMILES string of the molecule is C(=NNCc1ccccc1)c1ccc(OC2CCCC2)cc1. The van der Waals surface area contributed by atoms with Crippen molar-refractivity contribution in [1.29, 1.82) is 0 Å². The quantitative estimate of drug-likeness (QED) is 0.642. The van der Waals surface area contributed by atoms with Crippen LogP contribution in [-0.2, 0) is 6.54 Å². The molecule has 3 heteroatoms. The number of rotatable bonds is 6. The molecule has 0 spiro atoms. The summed E-state index contributed by atoms with van der Waals surface area (Å²) >= 11 is 0. The van der Waals surface area contributed by atoms with E-state index in [0.717, 1.165) is 17.9 Å². The van der Waals surface area contributed by atoms with Gasteiger partial charge in [-0.15, -0.1) is 0 Å². The van der Waals surface area contributed by atoms with Gasteiger partial charge in [0.25, 0.3) is 0 Å². The van der Waals surface area contributed by atoms with Gasteiger partial charge >= 0.3 is 0 Å². The topological polar surface area (TPSA) is 33.6 Å². The van der Waals surface area contributed by atoms with Crippen molar-refractivity contribution < 1.29 is 4.74 Å². The summed E-state index contributed by atoms with van der Waals surface area (Å²) in [5, 5.41) is 4.25. The second-order valence-corrected chi connectivity index (χ2v) is 5.67. The lowest BCUT2D eigenvalue weighted by molar-refractivity contribution is 0.210. The number of nitrogens with one attached hydrogen (secondary N) is 1. The summed E-state index contributed by atoms with van der Waals surface area (Å²) in [6.07, 6.45) is 7.21. The lowest BCUT2D eigenvalue weighted by Crippen LogP contribution is -2.10. The molecule has 1 aliphatic rings. The van der Waals surface area contributed by atoms with Crippen LogP contribution in [0.25, 0.3) is 0 Å². The Morgan fingerprint density at radius 3 is 2.45 bits per heavy atom. The van der Waals surface area contributed by atoms with Crippen molar-refractivity contribution in [3.63, 3.8) is 0 Å². The highest BCUT2D eigenvalue weighted by molar-refractivity contribution is 5.79. The van der Waals surface area contributed by atoms with Crippen LogP contribution in [0.2, 0.25) is 0 Å². The molecule has 22 heavy (non-hydrogen) atoms. The lowest BCUT2D eigenvalue weighted by atomic mass is 10.2. The summed E-state index contributed by atoms with van der Waals surface area (Å²) in [4.78, 5) is 0. The Balaban J connectivity index is 1.47. The lowest BCUT2D eigenvalue weighted by Gasteiger charge is -2.12. The molecule has 0 unspecified atom stereocenters. The molecule has 0 aliphatic heterocycles. The molecule has 0 heterocycles. The van der Waals surface area contributed by atoms with Crippen LogP contribution < -0.4 is 10.2 Å². The van der Waals surface area contributed by atoms with Crippen LogP contribution in [0.3, 0.4) is 0 Å². The van der Waals surface area contributed by atoms with Gasteiger partial charge < -0.3 is 10.2 Å². The number of hydrogen-bond donors (Lipinski definition) is 1. The Bertz CT molecular complexity index is 587. The average molecular weight is 294 g/mol. The summed E-state index contributed by atoms with van der Waals surface area (Å²) < 4.78 is 5.95. The highest BCUT2D eigenvalue weighted by Gasteiger charge is 2.16. The minimum atomic E-state index is 0.409. The fourth-order valence-corrected chi connectivity index (χ4v) is 2.68. The second-order valence-electron chi connectivity index (χ2n) is 5.67. The van der Waals surface area contributed by atoms with Gasteiger partial charge in [0.05, 0.1) is 18.9 Å². The van der Waals surface area contributed by atoms with E-state index in [-0.39, 0.29) is 0 Å². The molecule has 0 bridgehead atoms. The Morgan fingerprint density at radius 2 is 1.73 bits per heavy atom. The molecule has 2 aromatic rings. The maximum atomic E-state index is 5.95. The smallest absolute Gasteiger partial charge is 0.119 e. The number of hydrogen-bond acceptors (Lipinski definition) is 3. The van der Waals surface area contributed by atoms with Crippen LogP contribution in [0.5, 0.6) is 5.75 Å². The van der Waals surface area contributed by atoms with E-state index in [2.05, 4.69) is 22.7 Å². The summed E-state index contributed by atoms with van der Waals surface area (Å²) in [7, 11) is 0. The van der Waals surface area contributed by atoms with Crippen molar-refractivity contribution in [2.24, 2.45) is 5.10 Å². The van der Waals surface area contributed by atoms with E-state index in [1.54, 1.807) is 0 Å². The first-order valence-electron chi connectivity index (χ1n) is 7.97. The van der Waals surface area contributed by atoms with Gasteiger partial charge in [0, 0.05) is 0 Å². The van der Waals surface area contributed by atoms with Crippen molar-refractivity contribution in [1.82, 2.24) is 5.43 Å². The number of hydrazone groups is 1. The van der Waals surface area contributed by atoms with Crippen LogP contribution in [0, 0.1) is 0 Å². The molecule has 1 saturated carbocycles. The monoisotopic (exact) mass is 294 g/mol. The molecule has 3 nitrogen and oxygen atoms in total. The van der Waals surface area contributed by atoms with E-state index in [1.807, 2.05) is 48.7 Å².